The Kier molecular flexibility index (Phi) is 1.44. The van der Waals surface area contributed by atoms with Crippen molar-refractivity contribution in [1.29, 1.82) is 0 Å². The van der Waals surface area contributed by atoms with E-state index >= 15 is 0 Å². The van der Waals surface area contributed by atoms with Crippen LogP contribution in [0.1, 0.15) is 26.2 Å². The van der Waals surface area contributed by atoms with Crippen molar-refractivity contribution < 1.29 is 4.21 Å². The Morgan fingerprint density at radius 2 is 2.12 bits per heavy atom. The van der Waals surface area contributed by atoms with Crippen molar-refractivity contribution in [3.63, 3.8) is 0 Å². The second-order valence-electron chi connectivity index (χ2n) is 2.49. The maximum Gasteiger partial charge on any atom is 0.0455 e. The molecule has 8 heavy (non-hydrogen) atoms. The van der Waals surface area contributed by atoms with Crippen LogP contribution in [0, 0.1) is 0 Å². The summed E-state index contributed by atoms with van der Waals surface area (Å²) in [7, 11) is -0.565. The summed E-state index contributed by atoms with van der Waals surface area (Å²) >= 11 is 0. The van der Waals surface area contributed by atoms with Crippen molar-refractivity contribution in [2.75, 3.05) is 6.26 Å². The Bertz CT molecular complexity index is 116. The van der Waals surface area contributed by atoms with Crippen LogP contribution in [0.5, 0.6) is 0 Å². The van der Waals surface area contributed by atoms with E-state index in [2.05, 4.69) is 6.92 Å². The second-order valence-corrected chi connectivity index (χ2v) is 4.26. The summed E-state index contributed by atoms with van der Waals surface area (Å²) in [6, 6.07) is 0. The number of hydrogen-bond acceptors (Lipinski definition) is 1. The van der Waals surface area contributed by atoms with Crippen LogP contribution in [0.25, 0.3) is 0 Å². The van der Waals surface area contributed by atoms with Gasteiger partial charge in [0.1, 0.15) is 0 Å². The fourth-order valence-electron chi connectivity index (χ4n) is 0.984. The van der Waals surface area contributed by atoms with E-state index in [9.17, 15) is 4.21 Å². The molecule has 0 aromatic heterocycles. The SMILES string of the molecule is CCC1(S(C)=O)CC1. The van der Waals surface area contributed by atoms with Gasteiger partial charge in [0.15, 0.2) is 0 Å². The van der Waals surface area contributed by atoms with E-state index in [1.54, 1.807) is 0 Å². The third kappa shape index (κ3) is 0.815. The van der Waals surface area contributed by atoms with Gasteiger partial charge in [0, 0.05) is 21.8 Å². The van der Waals surface area contributed by atoms with Gasteiger partial charge >= 0.3 is 0 Å². The Morgan fingerprint density at radius 3 is 2.12 bits per heavy atom. The average Bonchev–Trinajstić information content (AvgIpc) is 2.44. The van der Waals surface area contributed by atoms with Crippen molar-refractivity contribution in [3.8, 4) is 0 Å². The van der Waals surface area contributed by atoms with Crippen molar-refractivity contribution in [2.24, 2.45) is 0 Å². The molecule has 0 spiro atoms. The van der Waals surface area contributed by atoms with E-state index < -0.39 is 10.8 Å². The molecule has 1 fully saturated rings. The van der Waals surface area contributed by atoms with Crippen LogP contribution in [0.15, 0.2) is 0 Å². The second kappa shape index (κ2) is 1.83. The Labute approximate surface area is 52.9 Å². The Morgan fingerprint density at radius 1 is 1.62 bits per heavy atom. The van der Waals surface area contributed by atoms with Gasteiger partial charge in [-0.15, -0.1) is 0 Å². The lowest BCUT2D eigenvalue weighted by atomic mass is 10.3. The minimum atomic E-state index is -0.565. The molecule has 2 heteroatoms. The van der Waals surface area contributed by atoms with Gasteiger partial charge in [-0.25, -0.2) is 0 Å². The van der Waals surface area contributed by atoms with Crippen LogP contribution < -0.4 is 0 Å². The first-order valence-electron chi connectivity index (χ1n) is 3.05. The standard InChI is InChI=1S/C6H12OS/c1-3-6(4-5-6)8(2)7/h3-5H2,1-2H3. The largest absolute Gasteiger partial charge is 0.259 e. The third-order valence-electron chi connectivity index (χ3n) is 2.06. The molecule has 48 valence electrons. The van der Waals surface area contributed by atoms with Gasteiger partial charge < -0.3 is 0 Å². The van der Waals surface area contributed by atoms with Crippen LogP contribution >= 0.6 is 0 Å². The quantitative estimate of drug-likeness (QED) is 0.553. The predicted molar refractivity (Wildman–Crippen MR) is 36.3 cm³/mol. The highest BCUT2D eigenvalue weighted by Gasteiger charge is 2.44. The molecule has 0 bridgehead atoms. The van der Waals surface area contributed by atoms with E-state index in [0.717, 1.165) is 6.42 Å². The first kappa shape index (κ1) is 6.27. The third-order valence-corrected chi connectivity index (χ3v) is 3.98. The maximum atomic E-state index is 10.9. The van der Waals surface area contributed by atoms with Crippen molar-refractivity contribution in [2.45, 2.75) is 30.9 Å². The Hall–Kier alpha value is 0.150. The average molecular weight is 132 g/mol. The fraction of sp³-hybridized carbons (Fsp3) is 1.00. The van der Waals surface area contributed by atoms with E-state index in [-0.39, 0.29) is 4.75 Å². The molecule has 0 aliphatic heterocycles. The minimum absolute atomic E-state index is 0.264. The molecular formula is C6H12OS. The molecule has 1 aliphatic carbocycles. The lowest BCUT2D eigenvalue weighted by Crippen LogP contribution is -2.12. The molecule has 1 aliphatic rings. The van der Waals surface area contributed by atoms with Gasteiger partial charge in [0.25, 0.3) is 0 Å². The van der Waals surface area contributed by atoms with Gasteiger partial charge in [0.2, 0.25) is 0 Å². The van der Waals surface area contributed by atoms with Crippen LogP contribution in [0.4, 0.5) is 0 Å². The molecule has 1 saturated carbocycles. The lowest BCUT2D eigenvalue weighted by Gasteiger charge is -2.05. The summed E-state index contributed by atoms with van der Waals surface area (Å²) in [6.07, 6.45) is 5.28. The fourth-order valence-corrected chi connectivity index (χ4v) is 2.07. The molecule has 1 nitrogen and oxygen atoms in total. The summed E-state index contributed by atoms with van der Waals surface area (Å²) in [6.45, 7) is 2.12. The Balaban J connectivity index is 2.53. The first-order valence-corrected chi connectivity index (χ1v) is 4.60. The predicted octanol–water partition coefficient (Wildman–Crippen LogP) is 1.31. The van der Waals surface area contributed by atoms with Crippen molar-refractivity contribution in [1.82, 2.24) is 0 Å². The molecule has 0 aromatic carbocycles. The topological polar surface area (TPSA) is 17.1 Å². The van der Waals surface area contributed by atoms with Crippen LogP contribution in [-0.2, 0) is 10.8 Å². The van der Waals surface area contributed by atoms with Gasteiger partial charge in [-0.2, -0.15) is 0 Å². The van der Waals surface area contributed by atoms with E-state index in [4.69, 9.17) is 0 Å². The molecule has 0 N–H and O–H groups in total. The summed E-state index contributed by atoms with van der Waals surface area (Å²) in [4.78, 5) is 0. The molecule has 0 heterocycles. The summed E-state index contributed by atoms with van der Waals surface area (Å²) in [5.74, 6) is 0. The number of hydrogen-bond donors (Lipinski definition) is 0. The highest BCUT2D eigenvalue weighted by Crippen LogP contribution is 2.43. The van der Waals surface area contributed by atoms with E-state index in [1.165, 1.54) is 12.8 Å². The van der Waals surface area contributed by atoms with Gasteiger partial charge in [-0.05, 0) is 19.3 Å². The van der Waals surface area contributed by atoms with Crippen molar-refractivity contribution in [3.05, 3.63) is 0 Å². The van der Waals surface area contributed by atoms with Gasteiger partial charge in [-0.3, -0.25) is 4.21 Å². The van der Waals surface area contributed by atoms with Gasteiger partial charge in [-0.1, -0.05) is 6.92 Å². The smallest absolute Gasteiger partial charge is 0.0455 e. The highest BCUT2D eigenvalue weighted by molar-refractivity contribution is 7.86. The van der Waals surface area contributed by atoms with E-state index in [1.807, 2.05) is 6.26 Å². The molecule has 0 amide bonds. The monoisotopic (exact) mass is 132 g/mol. The summed E-state index contributed by atoms with van der Waals surface area (Å²) in [5, 5.41) is 0. The van der Waals surface area contributed by atoms with Crippen molar-refractivity contribution >= 4 is 10.8 Å². The molecular weight excluding hydrogens is 120 g/mol. The molecule has 0 aromatic rings. The lowest BCUT2D eigenvalue weighted by molar-refractivity contribution is 0.667. The zero-order chi connectivity index (χ0) is 6.20. The summed E-state index contributed by atoms with van der Waals surface area (Å²) in [5.41, 5.74) is 0. The number of rotatable bonds is 2. The highest BCUT2D eigenvalue weighted by atomic mass is 32.2. The zero-order valence-corrected chi connectivity index (χ0v) is 6.25. The molecule has 0 saturated heterocycles. The van der Waals surface area contributed by atoms with Crippen LogP contribution in [0.2, 0.25) is 0 Å². The normalized spacial score (nSPS) is 27.2. The minimum Gasteiger partial charge on any atom is -0.259 e. The van der Waals surface area contributed by atoms with Crippen LogP contribution in [0.3, 0.4) is 0 Å². The molecule has 1 atom stereocenters. The maximum absolute atomic E-state index is 10.9. The van der Waals surface area contributed by atoms with E-state index in [0.29, 0.717) is 0 Å². The van der Waals surface area contributed by atoms with Crippen LogP contribution in [-0.4, -0.2) is 15.2 Å². The van der Waals surface area contributed by atoms with Gasteiger partial charge in [0.05, 0.1) is 0 Å². The molecule has 1 unspecified atom stereocenters. The molecule has 1 rings (SSSR count). The molecule has 0 radical (unpaired) electrons. The first-order chi connectivity index (χ1) is 3.71. The summed E-state index contributed by atoms with van der Waals surface area (Å²) < 4.78 is 11.1. The zero-order valence-electron chi connectivity index (χ0n) is 5.44.